The number of rotatable bonds is 2. The fourth-order valence-corrected chi connectivity index (χ4v) is 2.08. The molecule has 0 aliphatic heterocycles. The molecule has 0 atom stereocenters. The minimum absolute atomic E-state index is 0.0188. The summed E-state index contributed by atoms with van der Waals surface area (Å²) in [6, 6.07) is 6.24. The first kappa shape index (κ1) is 12.5. The molecule has 1 heterocycles. The van der Waals surface area contributed by atoms with Gasteiger partial charge in [-0.3, -0.25) is 4.57 Å². The molecular formula is C13H12FN3S. The number of benzene rings is 1. The predicted octanol–water partition coefficient (Wildman–Crippen LogP) is 3.67. The van der Waals surface area contributed by atoms with Gasteiger partial charge in [0.05, 0.1) is 5.56 Å². The molecule has 18 heavy (non-hydrogen) atoms. The molecule has 0 fully saturated rings. The van der Waals surface area contributed by atoms with Crippen molar-refractivity contribution in [3.63, 3.8) is 0 Å². The molecule has 0 radical (unpaired) electrons. The van der Waals surface area contributed by atoms with Crippen molar-refractivity contribution in [3.8, 4) is 11.8 Å². The quantitative estimate of drug-likeness (QED) is 0.838. The number of aromatic nitrogens is 2. The first-order chi connectivity index (χ1) is 8.54. The van der Waals surface area contributed by atoms with E-state index in [-0.39, 0.29) is 11.5 Å². The Kier molecular flexibility index (Phi) is 3.30. The van der Waals surface area contributed by atoms with Crippen molar-refractivity contribution in [1.82, 2.24) is 9.55 Å². The lowest BCUT2D eigenvalue weighted by atomic mass is 10.1. The van der Waals surface area contributed by atoms with E-state index in [0.717, 1.165) is 5.69 Å². The Balaban J connectivity index is 2.66. The minimum Gasteiger partial charge on any atom is -0.337 e. The first-order valence-electron chi connectivity index (χ1n) is 5.55. The second-order valence-corrected chi connectivity index (χ2v) is 4.67. The lowest BCUT2D eigenvalue weighted by molar-refractivity contribution is 0.623. The van der Waals surface area contributed by atoms with Crippen molar-refractivity contribution in [2.75, 3.05) is 0 Å². The number of nitrogens with one attached hydrogen (secondary N) is 1. The predicted molar refractivity (Wildman–Crippen MR) is 69.7 cm³/mol. The van der Waals surface area contributed by atoms with Crippen LogP contribution in [0.2, 0.25) is 0 Å². The first-order valence-corrected chi connectivity index (χ1v) is 5.95. The zero-order valence-electron chi connectivity index (χ0n) is 10.1. The Morgan fingerprint density at radius 1 is 1.44 bits per heavy atom. The number of nitriles is 1. The number of aromatic amines is 1. The SMILES string of the molecule is CC(C)c1c[nH]c(=S)n1-c1ccc(F)c(C#N)c1. The molecule has 1 aromatic carbocycles. The maximum atomic E-state index is 13.3. The smallest absolute Gasteiger partial charge is 0.182 e. The van der Waals surface area contributed by atoms with Crippen molar-refractivity contribution >= 4 is 12.2 Å². The molecular weight excluding hydrogens is 249 g/mol. The van der Waals surface area contributed by atoms with Gasteiger partial charge < -0.3 is 4.98 Å². The maximum absolute atomic E-state index is 13.3. The van der Waals surface area contributed by atoms with E-state index in [1.807, 2.05) is 30.7 Å². The second-order valence-electron chi connectivity index (χ2n) is 4.28. The number of imidazole rings is 1. The zero-order valence-corrected chi connectivity index (χ0v) is 10.9. The van der Waals surface area contributed by atoms with Gasteiger partial charge in [-0.2, -0.15) is 5.26 Å². The van der Waals surface area contributed by atoms with Crippen molar-refractivity contribution in [2.24, 2.45) is 0 Å². The van der Waals surface area contributed by atoms with Crippen LogP contribution in [0.25, 0.3) is 5.69 Å². The summed E-state index contributed by atoms with van der Waals surface area (Å²) in [5.41, 5.74) is 1.71. The summed E-state index contributed by atoms with van der Waals surface area (Å²) in [7, 11) is 0. The molecule has 0 unspecified atom stereocenters. The van der Waals surface area contributed by atoms with Gasteiger partial charge in [0.25, 0.3) is 0 Å². The summed E-state index contributed by atoms with van der Waals surface area (Å²) in [6.45, 7) is 4.09. The van der Waals surface area contributed by atoms with Gasteiger partial charge in [0.1, 0.15) is 11.9 Å². The second kappa shape index (κ2) is 4.75. The number of hydrogen-bond donors (Lipinski definition) is 1. The van der Waals surface area contributed by atoms with Gasteiger partial charge in [0.15, 0.2) is 4.77 Å². The van der Waals surface area contributed by atoms with E-state index in [2.05, 4.69) is 4.98 Å². The summed E-state index contributed by atoms with van der Waals surface area (Å²) in [5, 5.41) is 8.86. The van der Waals surface area contributed by atoms with Crippen molar-refractivity contribution in [3.05, 3.63) is 46.2 Å². The number of halogens is 1. The average molecular weight is 261 g/mol. The van der Waals surface area contributed by atoms with Crippen LogP contribution >= 0.6 is 12.2 Å². The highest BCUT2D eigenvalue weighted by Gasteiger charge is 2.11. The largest absolute Gasteiger partial charge is 0.337 e. The van der Waals surface area contributed by atoms with Gasteiger partial charge >= 0.3 is 0 Å². The summed E-state index contributed by atoms with van der Waals surface area (Å²) in [4.78, 5) is 2.97. The van der Waals surface area contributed by atoms with E-state index in [9.17, 15) is 4.39 Å². The monoisotopic (exact) mass is 261 g/mol. The summed E-state index contributed by atoms with van der Waals surface area (Å²) < 4.78 is 15.7. The van der Waals surface area contributed by atoms with Crippen LogP contribution in [0.5, 0.6) is 0 Å². The molecule has 0 amide bonds. The van der Waals surface area contributed by atoms with Crippen LogP contribution in [0.3, 0.4) is 0 Å². The fourth-order valence-electron chi connectivity index (χ4n) is 1.81. The van der Waals surface area contributed by atoms with Crippen molar-refractivity contribution in [1.29, 1.82) is 5.26 Å². The Hall–Kier alpha value is -1.93. The molecule has 3 nitrogen and oxygen atoms in total. The number of nitrogens with zero attached hydrogens (tertiary/aromatic N) is 2. The molecule has 0 saturated heterocycles. The van der Waals surface area contributed by atoms with E-state index >= 15 is 0 Å². The molecule has 2 rings (SSSR count). The highest BCUT2D eigenvalue weighted by Crippen LogP contribution is 2.21. The Labute approximate surface area is 110 Å². The van der Waals surface area contributed by atoms with Crippen molar-refractivity contribution < 1.29 is 4.39 Å². The Bertz CT molecular complexity index is 676. The Morgan fingerprint density at radius 3 is 2.78 bits per heavy atom. The molecule has 5 heteroatoms. The zero-order chi connectivity index (χ0) is 13.3. The third-order valence-corrected chi connectivity index (χ3v) is 3.03. The average Bonchev–Trinajstić information content (AvgIpc) is 2.72. The lowest BCUT2D eigenvalue weighted by Gasteiger charge is -2.11. The molecule has 1 aromatic heterocycles. The summed E-state index contributed by atoms with van der Waals surface area (Å²) in [5.74, 6) is -0.247. The molecule has 1 N–H and O–H groups in total. The van der Waals surface area contributed by atoms with Crippen LogP contribution in [-0.2, 0) is 0 Å². The topological polar surface area (TPSA) is 44.5 Å². The van der Waals surface area contributed by atoms with Gasteiger partial charge in [-0.25, -0.2) is 4.39 Å². The van der Waals surface area contributed by atoms with Gasteiger partial charge in [-0.15, -0.1) is 0 Å². The number of hydrogen-bond acceptors (Lipinski definition) is 2. The molecule has 0 aliphatic carbocycles. The Morgan fingerprint density at radius 2 is 2.17 bits per heavy atom. The molecule has 2 aromatic rings. The fraction of sp³-hybridized carbons (Fsp3) is 0.231. The molecule has 92 valence electrons. The van der Waals surface area contributed by atoms with Crippen LogP contribution < -0.4 is 0 Å². The summed E-state index contributed by atoms with van der Waals surface area (Å²) >= 11 is 5.22. The van der Waals surface area contributed by atoms with E-state index in [1.54, 1.807) is 6.07 Å². The summed E-state index contributed by atoms with van der Waals surface area (Å²) in [6.07, 6.45) is 1.84. The van der Waals surface area contributed by atoms with Crippen LogP contribution in [0, 0.1) is 21.9 Å². The highest BCUT2D eigenvalue weighted by molar-refractivity contribution is 7.71. The van der Waals surface area contributed by atoms with Crippen LogP contribution in [0.1, 0.15) is 31.0 Å². The van der Waals surface area contributed by atoms with Crippen LogP contribution in [0.4, 0.5) is 4.39 Å². The van der Waals surface area contributed by atoms with E-state index in [4.69, 9.17) is 17.5 Å². The van der Waals surface area contributed by atoms with Gasteiger partial charge in [-0.05, 0) is 36.3 Å². The molecule has 0 saturated carbocycles. The lowest BCUT2D eigenvalue weighted by Crippen LogP contribution is -2.02. The standard InChI is InChI=1S/C13H12FN3S/c1-8(2)12-7-16-13(18)17(12)10-3-4-11(14)9(5-10)6-15/h3-5,7-8H,1-2H3,(H,16,18). The molecule has 0 bridgehead atoms. The van der Waals surface area contributed by atoms with Gasteiger partial charge in [0, 0.05) is 17.6 Å². The minimum atomic E-state index is -0.519. The normalized spacial score (nSPS) is 10.6. The highest BCUT2D eigenvalue weighted by atomic mass is 32.1. The van der Waals surface area contributed by atoms with Crippen LogP contribution in [0.15, 0.2) is 24.4 Å². The van der Waals surface area contributed by atoms with Crippen molar-refractivity contribution in [2.45, 2.75) is 19.8 Å². The van der Waals surface area contributed by atoms with Crippen LogP contribution in [-0.4, -0.2) is 9.55 Å². The third-order valence-electron chi connectivity index (χ3n) is 2.72. The van der Waals surface area contributed by atoms with Gasteiger partial charge in [0.2, 0.25) is 0 Å². The van der Waals surface area contributed by atoms with Gasteiger partial charge in [-0.1, -0.05) is 13.8 Å². The maximum Gasteiger partial charge on any atom is 0.182 e. The number of H-pyrrole nitrogens is 1. The molecule has 0 aliphatic rings. The molecule has 0 spiro atoms. The van der Waals surface area contributed by atoms with E-state index in [0.29, 0.717) is 10.5 Å². The van der Waals surface area contributed by atoms with E-state index < -0.39 is 5.82 Å². The van der Waals surface area contributed by atoms with E-state index in [1.165, 1.54) is 12.1 Å². The third kappa shape index (κ3) is 2.07.